The maximum absolute atomic E-state index is 5.11. The van der Waals surface area contributed by atoms with Crippen molar-refractivity contribution in [1.29, 1.82) is 0 Å². The highest BCUT2D eigenvalue weighted by Gasteiger charge is 2.31. The van der Waals surface area contributed by atoms with Crippen LogP contribution in [0.1, 0.15) is 60.4 Å². The molecule has 0 aromatic carbocycles. The first-order valence-electron chi connectivity index (χ1n) is 8.16. The van der Waals surface area contributed by atoms with Crippen LogP contribution in [0, 0.1) is 0 Å². The maximum atomic E-state index is 5.11. The van der Waals surface area contributed by atoms with Crippen LogP contribution >= 0.6 is 34.9 Å². The van der Waals surface area contributed by atoms with E-state index in [4.69, 9.17) is 4.98 Å². The van der Waals surface area contributed by atoms with Crippen LogP contribution < -0.4 is 5.32 Å². The van der Waals surface area contributed by atoms with E-state index in [1.165, 1.54) is 35.7 Å². The highest BCUT2D eigenvalue weighted by Crippen LogP contribution is 2.47. The Morgan fingerprint density at radius 1 is 1.29 bits per heavy atom. The standard InChI is InChI=1S/C16H26N2S3/c1-4-17-8-12-6-5-7-13-15(12)18-16(21-13)14-9-19-10(2)11(3)20-14/h10-12,14,17H,4-9H2,1-3H3. The number of hydrogen-bond acceptors (Lipinski definition) is 5. The van der Waals surface area contributed by atoms with Crippen LogP contribution in [-0.4, -0.2) is 34.3 Å². The first-order valence-corrected chi connectivity index (χ1v) is 11.0. The first-order chi connectivity index (χ1) is 10.2. The van der Waals surface area contributed by atoms with Crippen molar-refractivity contribution in [2.75, 3.05) is 18.8 Å². The van der Waals surface area contributed by atoms with Crippen LogP contribution in [0.15, 0.2) is 0 Å². The smallest absolute Gasteiger partial charge is 0.107 e. The molecule has 3 rings (SSSR count). The molecule has 21 heavy (non-hydrogen) atoms. The summed E-state index contributed by atoms with van der Waals surface area (Å²) in [4.78, 5) is 6.69. The Labute approximate surface area is 141 Å². The van der Waals surface area contributed by atoms with Crippen molar-refractivity contribution in [1.82, 2.24) is 10.3 Å². The van der Waals surface area contributed by atoms with E-state index in [0.717, 1.165) is 23.6 Å². The van der Waals surface area contributed by atoms with Crippen LogP contribution in [0.25, 0.3) is 0 Å². The molecule has 1 aromatic heterocycles. The van der Waals surface area contributed by atoms with Crippen molar-refractivity contribution >= 4 is 34.9 Å². The predicted octanol–water partition coefficient (Wildman–Crippen LogP) is 4.47. The fourth-order valence-electron chi connectivity index (χ4n) is 3.09. The van der Waals surface area contributed by atoms with Gasteiger partial charge in [0.1, 0.15) is 5.01 Å². The van der Waals surface area contributed by atoms with Crippen molar-refractivity contribution in [2.24, 2.45) is 0 Å². The number of rotatable bonds is 4. The minimum atomic E-state index is 0.622. The molecule has 5 heteroatoms. The maximum Gasteiger partial charge on any atom is 0.107 e. The van der Waals surface area contributed by atoms with Gasteiger partial charge in [-0.25, -0.2) is 4.98 Å². The minimum Gasteiger partial charge on any atom is -0.316 e. The Morgan fingerprint density at radius 2 is 2.14 bits per heavy atom. The SMILES string of the molecule is CCNCC1CCCc2sc(C3CSC(C)C(C)S3)nc21. The van der Waals surface area contributed by atoms with Gasteiger partial charge in [0, 0.05) is 33.6 Å². The predicted molar refractivity (Wildman–Crippen MR) is 98.1 cm³/mol. The number of aryl methyl sites for hydroxylation is 1. The fraction of sp³-hybridized carbons (Fsp3) is 0.812. The number of nitrogens with zero attached hydrogens (tertiary/aromatic N) is 1. The highest BCUT2D eigenvalue weighted by atomic mass is 32.2. The van der Waals surface area contributed by atoms with E-state index in [2.05, 4.69) is 49.6 Å². The fourth-order valence-corrected chi connectivity index (χ4v) is 7.48. The lowest BCUT2D eigenvalue weighted by atomic mass is 9.91. The zero-order valence-electron chi connectivity index (χ0n) is 13.2. The molecule has 1 fully saturated rings. The Hall–Kier alpha value is 0.290. The van der Waals surface area contributed by atoms with Crippen LogP contribution in [0.5, 0.6) is 0 Å². The van der Waals surface area contributed by atoms with Gasteiger partial charge in [0.2, 0.25) is 0 Å². The number of thioether (sulfide) groups is 2. The minimum absolute atomic E-state index is 0.622. The lowest BCUT2D eigenvalue weighted by molar-refractivity contribution is 0.508. The molecule has 2 heterocycles. The van der Waals surface area contributed by atoms with Gasteiger partial charge in [-0.05, 0) is 25.8 Å². The van der Waals surface area contributed by atoms with Crippen molar-refractivity contribution in [3.63, 3.8) is 0 Å². The molecule has 118 valence electrons. The molecular formula is C16H26N2S3. The summed E-state index contributed by atoms with van der Waals surface area (Å²) >= 11 is 6.27. The molecular weight excluding hydrogens is 316 g/mol. The van der Waals surface area contributed by atoms with E-state index >= 15 is 0 Å². The third-order valence-corrected chi connectivity index (χ3v) is 9.35. The Morgan fingerprint density at radius 3 is 2.90 bits per heavy atom. The largest absolute Gasteiger partial charge is 0.316 e. The molecule has 1 aromatic rings. The normalized spacial score (nSPS) is 32.9. The van der Waals surface area contributed by atoms with Gasteiger partial charge in [-0.1, -0.05) is 20.8 Å². The Kier molecular flexibility index (Phi) is 5.57. The summed E-state index contributed by atoms with van der Waals surface area (Å²) in [5, 5.41) is 7.06. The average molecular weight is 343 g/mol. The monoisotopic (exact) mass is 342 g/mol. The Bertz CT molecular complexity index is 474. The lowest BCUT2D eigenvalue weighted by Gasteiger charge is -2.30. The van der Waals surface area contributed by atoms with E-state index in [9.17, 15) is 0 Å². The van der Waals surface area contributed by atoms with E-state index in [0.29, 0.717) is 11.2 Å². The summed E-state index contributed by atoms with van der Waals surface area (Å²) in [6.07, 6.45) is 3.90. The van der Waals surface area contributed by atoms with Crippen molar-refractivity contribution in [2.45, 2.75) is 61.7 Å². The van der Waals surface area contributed by atoms with Gasteiger partial charge in [-0.15, -0.1) is 23.1 Å². The van der Waals surface area contributed by atoms with Crippen LogP contribution in [0.2, 0.25) is 0 Å². The topological polar surface area (TPSA) is 24.9 Å². The van der Waals surface area contributed by atoms with Crippen molar-refractivity contribution < 1.29 is 0 Å². The third kappa shape index (κ3) is 3.62. The van der Waals surface area contributed by atoms with Gasteiger partial charge in [0.15, 0.2) is 0 Å². The van der Waals surface area contributed by atoms with Crippen LogP contribution in [0.4, 0.5) is 0 Å². The number of hydrogen-bond donors (Lipinski definition) is 1. The summed E-state index contributed by atoms with van der Waals surface area (Å²) < 4.78 is 0. The molecule has 2 aliphatic rings. The van der Waals surface area contributed by atoms with E-state index in [1.54, 1.807) is 4.88 Å². The first kappa shape index (κ1) is 16.2. The van der Waals surface area contributed by atoms with Gasteiger partial charge in [-0.3, -0.25) is 0 Å². The van der Waals surface area contributed by atoms with Gasteiger partial charge in [-0.2, -0.15) is 11.8 Å². The molecule has 4 unspecified atom stereocenters. The Balaban J connectivity index is 1.75. The summed E-state index contributed by atoms with van der Waals surface area (Å²) in [6, 6.07) is 0. The summed E-state index contributed by atoms with van der Waals surface area (Å²) in [5.41, 5.74) is 1.43. The molecule has 4 atom stereocenters. The molecule has 1 aliphatic heterocycles. The quantitative estimate of drug-likeness (QED) is 0.872. The number of likely N-dealkylation sites (N-methyl/N-ethyl adjacent to an activating group) is 1. The second kappa shape index (κ2) is 7.24. The third-order valence-electron chi connectivity index (χ3n) is 4.55. The van der Waals surface area contributed by atoms with Gasteiger partial charge in [0.05, 0.1) is 10.9 Å². The van der Waals surface area contributed by atoms with E-state index < -0.39 is 0 Å². The molecule has 0 saturated carbocycles. The van der Waals surface area contributed by atoms with Gasteiger partial charge in [0.25, 0.3) is 0 Å². The zero-order valence-corrected chi connectivity index (χ0v) is 15.7. The number of nitrogens with one attached hydrogen (secondary N) is 1. The summed E-state index contributed by atoms with van der Waals surface area (Å²) in [7, 11) is 0. The van der Waals surface area contributed by atoms with Gasteiger partial charge < -0.3 is 5.32 Å². The molecule has 1 saturated heterocycles. The van der Waals surface area contributed by atoms with Crippen molar-refractivity contribution in [3.8, 4) is 0 Å². The number of thiazole rings is 1. The highest BCUT2D eigenvalue weighted by molar-refractivity contribution is 8.07. The summed E-state index contributed by atoms with van der Waals surface area (Å²) in [6.45, 7) is 9.09. The second-order valence-electron chi connectivity index (χ2n) is 6.13. The zero-order chi connectivity index (χ0) is 14.8. The average Bonchev–Trinajstić information content (AvgIpc) is 2.92. The molecule has 0 spiro atoms. The van der Waals surface area contributed by atoms with E-state index in [1.807, 2.05) is 11.3 Å². The molecule has 0 amide bonds. The van der Waals surface area contributed by atoms with Gasteiger partial charge >= 0.3 is 0 Å². The lowest BCUT2D eigenvalue weighted by Crippen LogP contribution is -2.24. The van der Waals surface area contributed by atoms with E-state index in [-0.39, 0.29) is 0 Å². The molecule has 2 nitrogen and oxygen atoms in total. The number of fused-ring (bicyclic) bond motifs is 1. The van der Waals surface area contributed by atoms with Crippen molar-refractivity contribution in [3.05, 3.63) is 15.6 Å². The molecule has 0 bridgehead atoms. The second-order valence-corrected chi connectivity index (χ2v) is 10.2. The van der Waals surface area contributed by atoms with Crippen LogP contribution in [0.3, 0.4) is 0 Å². The van der Waals surface area contributed by atoms with Crippen LogP contribution in [-0.2, 0) is 6.42 Å². The molecule has 0 radical (unpaired) electrons. The molecule has 1 aliphatic carbocycles. The summed E-state index contributed by atoms with van der Waals surface area (Å²) in [5.74, 6) is 1.89. The molecule has 1 N–H and O–H groups in total. The number of aromatic nitrogens is 1.